The molecule has 0 aliphatic carbocycles. The van der Waals surface area contributed by atoms with E-state index >= 15 is 0 Å². The third-order valence-electron chi connectivity index (χ3n) is 4.74. The number of aliphatic hydroxyl groups excluding tert-OH is 1. The van der Waals surface area contributed by atoms with Crippen LogP contribution in [-0.2, 0) is 12.8 Å². The van der Waals surface area contributed by atoms with Gasteiger partial charge in [0.05, 0.1) is 22.5 Å². The molecule has 1 aliphatic rings. The second kappa shape index (κ2) is 8.08. The normalized spacial score (nSPS) is 16.8. The number of nitrogens with zero attached hydrogens (tertiary/aromatic N) is 4. The van der Waals surface area contributed by atoms with Crippen molar-refractivity contribution in [2.45, 2.75) is 25.1 Å². The zero-order valence-electron chi connectivity index (χ0n) is 15.5. The van der Waals surface area contributed by atoms with Crippen molar-refractivity contribution in [2.75, 3.05) is 11.4 Å². The number of allylic oxidation sites excluding steroid dienone is 1. The zero-order valence-corrected chi connectivity index (χ0v) is 16.2. The molecule has 0 saturated heterocycles. The van der Waals surface area contributed by atoms with Gasteiger partial charge in [-0.25, -0.2) is 9.97 Å². The highest BCUT2D eigenvalue weighted by Gasteiger charge is 2.31. The fourth-order valence-corrected chi connectivity index (χ4v) is 3.48. The lowest BCUT2D eigenvalue weighted by atomic mass is 9.97. The molecule has 1 N–H and O–H groups in total. The standard InChI is InChI=1S/C20H16ClF3N4O2/c21-15-7-13(16-10-26-18(11-29)30-16)8-27-19(15)12-3-5-28(6-4-12)17-2-1-14(9-25-17)20(22,23)24/h1-3,5,7-10,12,29H,4,6,11H2. The predicted octanol–water partition coefficient (Wildman–Crippen LogP) is 4.80. The Kier molecular flexibility index (Phi) is 5.48. The lowest BCUT2D eigenvalue weighted by Gasteiger charge is -2.27. The van der Waals surface area contributed by atoms with Gasteiger partial charge in [0.15, 0.2) is 5.76 Å². The van der Waals surface area contributed by atoms with Crippen molar-refractivity contribution in [3.05, 3.63) is 71.2 Å². The van der Waals surface area contributed by atoms with Crippen molar-refractivity contribution in [2.24, 2.45) is 0 Å². The molecule has 0 amide bonds. The second-order valence-corrected chi connectivity index (χ2v) is 7.11. The van der Waals surface area contributed by atoms with Crippen LogP contribution in [0.3, 0.4) is 0 Å². The van der Waals surface area contributed by atoms with E-state index in [0.29, 0.717) is 40.8 Å². The zero-order chi connectivity index (χ0) is 21.3. The van der Waals surface area contributed by atoms with Crippen LogP contribution in [0.25, 0.3) is 11.3 Å². The number of aromatic nitrogens is 3. The Labute approximate surface area is 174 Å². The summed E-state index contributed by atoms with van der Waals surface area (Å²) < 4.78 is 43.5. The number of rotatable bonds is 4. The number of anilines is 1. The maximum atomic E-state index is 12.7. The molecule has 0 spiro atoms. The number of alkyl halides is 3. The van der Waals surface area contributed by atoms with Gasteiger partial charge in [-0.05, 0) is 24.6 Å². The monoisotopic (exact) mass is 436 g/mol. The van der Waals surface area contributed by atoms with Crippen LogP contribution < -0.4 is 4.90 Å². The molecule has 3 aromatic rings. The molecule has 0 bridgehead atoms. The summed E-state index contributed by atoms with van der Waals surface area (Å²) in [5, 5.41) is 9.52. The number of pyridine rings is 2. The van der Waals surface area contributed by atoms with Crippen molar-refractivity contribution in [1.29, 1.82) is 0 Å². The predicted molar refractivity (Wildman–Crippen MR) is 104 cm³/mol. The van der Waals surface area contributed by atoms with Crippen molar-refractivity contribution in [3.63, 3.8) is 0 Å². The Balaban J connectivity index is 1.49. The summed E-state index contributed by atoms with van der Waals surface area (Å²) in [5.41, 5.74) is 0.559. The van der Waals surface area contributed by atoms with E-state index in [4.69, 9.17) is 21.1 Å². The van der Waals surface area contributed by atoms with Crippen molar-refractivity contribution >= 4 is 17.4 Å². The van der Waals surface area contributed by atoms with Crippen LogP contribution in [0.15, 0.2) is 53.5 Å². The van der Waals surface area contributed by atoms with Gasteiger partial charge < -0.3 is 14.4 Å². The van der Waals surface area contributed by atoms with E-state index in [0.717, 1.165) is 12.3 Å². The number of halogens is 4. The van der Waals surface area contributed by atoms with Crippen LogP contribution >= 0.6 is 11.6 Å². The summed E-state index contributed by atoms with van der Waals surface area (Å²) in [4.78, 5) is 14.1. The van der Waals surface area contributed by atoms with E-state index in [1.807, 2.05) is 6.08 Å². The van der Waals surface area contributed by atoms with Crippen molar-refractivity contribution < 1.29 is 22.7 Å². The molecule has 6 nitrogen and oxygen atoms in total. The number of oxazole rings is 1. The van der Waals surface area contributed by atoms with Crippen molar-refractivity contribution in [1.82, 2.24) is 15.0 Å². The molecule has 30 heavy (non-hydrogen) atoms. The molecule has 4 rings (SSSR count). The number of hydrogen-bond acceptors (Lipinski definition) is 6. The van der Waals surface area contributed by atoms with Gasteiger partial charge in [0, 0.05) is 36.6 Å². The minimum Gasteiger partial charge on any atom is -0.438 e. The van der Waals surface area contributed by atoms with Gasteiger partial charge in [-0.1, -0.05) is 17.7 Å². The lowest BCUT2D eigenvalue weighted by Crippen LogP contribution is -2.24. The summed E-state index contributed by atoms with van der Waals surface area (Å²) in [6.45, 7) is 0.262. The molecule has 0 saturated carbocycles. The molecule has 0 aromatic carbocycles. The number of hydrogen-bond donors (Lipinski definition) is 1. The highest BCUT2D eigenvalue weighted by Crippen LogP contribution is 2.34. The first-order chi connectivity index (χ1) is 14.3. The van der Waals surface area contributed by atoms with Gasteiger partial charge >= 0.3 is 6.18 Å². The van der Waals surface area contributed by atoms with Crippen LogP contribution in [0.4, 0.5) is 19.0 Å². The Bertz CT molecular complexity index is 1070. The minimum atomic E-state index is -4.41. The Morgan fingerprint density at radius 2 is 2.00 bits per heavy atom. The molecular weight excluding hydrogens is 421 g/mol. The minimum absolute atomic E-state index is 0.0417. The fraction of sp³-hybridized carbons (Fsp3) is 0.250. The summed E-state index contributed by atoms with van der Waals surface area (Å²) >= 11 is 6.43. The summed E-state index contributed by atoms with van der Waals surface area (Å²) in [5.74, 6) is 1.06. The van der Waals surface area contributed by atoms with Crippen LogP contribution in [0, 0.1) is 0 Å². The molecule has 3 aromatic heterocycles. The van der Waals surface area contributed by atoms with Crippen LogP contribution in [0.2, 0.25) is 5.02 Å². The van der Waals surface area contributed by atoms with E-state index in [9.17, 15) is 13.2 Å². The molecule has 156 valence electrons. The SMILES string of the molecule is OCc1ncc(-c2cnc(C3C=CN(c4ccc(C(F)(F)F)cn4)CC3)c(Cl)c2)o1. The average molecular weight is 437 g/mol. The van der Waals surface area contributed by atoms with E-state index in [1.54, 1.807) is 23.4 Å². The fourth-order valence-electron chi connectivity index (χ4n) is 3.17. The first kappa shape index (κ1) is 20.4. The summed E-state index contributed by atoms with van der Waals surface area (Å²) in [7, 11) is 0. The smallest absolute Gasteiger partial charge is 0.417 e. The molecule has 4 heterocycles. The highest BCUT2D eigenvalue weighted by atomic mass is 35.5. The first-order valence-electron chi connectivity index (χ1n) is 9.05. The Hall–Kier alpha value is -2.91. The maximum absolute atomic E-state index is 12.7. The van der Waals surface area contributed by atoms with Crippen LogP contribution in [0.1, 0.15) is 29.5 Å². The Morgan fingerprint density at radius 3 is 2.57 bits per heavy atom. The van der Waals surface area contributed by atoms with E-state index in [2.05, 4.69) is 15.0 Å². The summed E-state index contributed by atoms with van der Waals surface area (Å²) in [6.07, 6.45) is 3.89. The molecule has 1 unspecified atom stereocenters. The third kappa shape index (κ3) is 4.17. The largest absolute Gasteiger partial charge is 0.438 e. The van der Waals surface area contributed by atoms with Crippen LogP contribution in [0.5, 0.6) is 0 Å². The van der Waals surface area contributed by atoms with Gasteiger partial charge in [0.2, 0.25) is 5.89 Å². The van der Waals surface area contributed by atoms with Gasteiger partial charge in [0.1, 0.15) is 12.4 Å². The Morgan fingerprint density at radius 1 is 1.17 bits per heavy atom. The maximum Gasteiger partial charge on any atom is 0.417 e. The molecule has 1 atom stereocenters. The van der Waals surface area contributed by atoms with E-state index in [1.165, 1.54) is 12.3 Å². The molecule has 0 radical (unpaired) electrons. The van der Waals surface area contributed by atoms with Crippen molar-refractivity contribution in [3.8, 4) is 11.3 Å². The van der Waals surface area contributed by atoms with Gasteiger partial charge in [-0.3, -0.25) is 4.98 Å². The number of aliphatic hydroxyl groups is 1. The molecule has 0 fully saturated rings. The van der Waals surface area contributed by atoms with Crippen LogP contribution in [-0.4, -0.2) is 26.6 Å². The van der Waals surface area contributed by atoms with Gasteiger partial charge in [-0.15, -0.1) is 0 Å². The second-order valence-electron chi connectivity index (χ2n) is 6.70. The summed E-state index contributed by atoms with van der Waals surface area (Å²) in [6, 6.07) is 4.10. The lowest BCUT2D eigenvalue weighted by molar-refractivity contribution is -0.137. The first-order valence-corrected chi connectivity index (χ1v) is 9.42. The van der Waals surface area contributed by atoms with E-state index in [-0.39, 0.29) is 18.4 Å². The molecule has 1 aliphatic heterocycles. The topological polar surface area (TPSA) is 75.3 Å². The molecular formula is C20H16ClF3N4O2. The highest BCUT2D eigenvalue weighted by molar-refractivity contribution is 6.31. The van der Waals surface area contributed by atoms with E-state index < -0.39 is 11.7 Å². The third-order valence-corrected chi connectivity index (χ3v) is 5.05. The average Bonchev–Trinajstić information content (AvgIpc) is 3.23. The van der Waals surface area contributed by atoms with Gasteiger partial charge in [-0.2, -0.15) is 13.2 Å². The van der Waals surface area contributed by atoms with Gasteiger partial charge in [0.25, 0.3) is 0 Å². The quantitative estimate of drug-likeness (QED) is 0.633. The molecule has 10 heteroatoms.